The molecule has 7 heteroatoms. The number of amides is 1. The summed E-state index contributed by atoms with van der Waals surface area (Å²) < 4.78 is 7.23. The zero-order valence-corrected chi connectivity index (χ0v) is 17.9. The second-order valence-corrected chi connectivity index (χ2v) is 7.87. The molecule has 1 saturated heterocycles. The molecule has 1 fully saturated rings. The van der Waals surface area contributed by atoms with E-state index in [1.165, 1.54) is 0 Å². The smallest absolute Gasteiger partial charge is 0.259 e. The Kier molecular flexibility index (Phi) is 6.06. The number of ether oxygens (including phenoxy) is 1. The lowest BCUT2D eigenvalue weighted by Gasteiger charge is -2.25. The van der Waals surface area contributed by atoms with Crippen LogP contribution in [0.5, 0.6) is 5.75 Å². The molecular formula is C23H25ClN4O2. The van der Waals surface area contributed by atoms with E-state index in [4.69, 9.17) is 16.3 Å². The molecule has 0 atom stereocenters. The fourth-order valence-electron chi connectivity index (χ4n) is 3.88. The maximum atomic E-state index is 13.2. The average molecular weight is 425 g/mol. The summed E-state index contributed by atoms with van der Waals surface area (Å²) in [6.07, 6.45) is 3.54. The van der Waals surface area contributed by atoms with Crippen molar-refractivity contribution in [3.63, 3.8) is 0 Å². The SMILES string of the molecule is COc1ccccc1NC(=O)c1cnn(-c2ccc(C)c(Cl)c2)c1C1CCNCC1. The number of nitrogens with one attached hydrogen (secondary N) is 2. The van der Waals surface area contributed by atoms with Crippen LogP contribution in [0, 0.1) is 6.92 Å². The van der Waals surface area contributed by atoms with Gasteiger partial charge in [-0.3, -0.25) is 4.79 Å². The second kappa shape index (κ2) is 8.90. The summed E-state index contributed by atoms with van der Waals surface area (Å²) in [6.45, 7) is 3.80. The highest BCUT2D eigenvalue weighted by Gasteiger charge is 2.27. The molecule has 0 spiro atoms. The maximum absolute atomic E-state index is 13.2. The van der Waals surface area contributed by atoms with Gasteiger partial charge < -0.3 is 15.4 Å². The third-order valence-corrected chi connectivity index (χ3v) is 5.94. The maximum Gasteiger partial charge on any atom is 0.259 e. The Hall–Kier alpha value is -2.83. The third-order valence-electron chi connectivity index (χ3n) is 5.53. The standard InChI is InChI=1S/C23H25ClN4O2/c1-15-7-8-17(13-19(15)24)28-22(16-9-11-25-12-10-16)18(14-26-28)23(29)27-20-5-3-4-6-21(20)30-2/h3-8,13-14,16,25H,9-12H2,1-2H3,(H,27,29). The molecule has 0 aliphatic carbocycles. The average Bonchev–Trinajstić information content (AvgIpc) is 3.22. The van der Waals surface area contributed by atoms with Gasteiger partial charge in [-0.2, -0.15) is 5.10 Å². The summed E-state index contributed by atoms with van der Waals surface area (Å²) >= 11 is 6.37. The van der Waals surface area contributed by atoms with Crippen LogP contribution in [0.4, 0.5) is 5.69 Å². The first-order valence-electron chi connectivity index (χ1n) is 10.1. The molecule has 0 unspecified atom stereocenters. The van der Waals surface area contributed by atoms with Crippen molar-refractivity contribution in [3.05, 3.63) is 70.5 Å². The van der Waals surface area contributed by atoms with Crippen LogP contribution in [0.15, 0.2) is 48.7 Å². The minimum atomic E-state index is -0.197. The second-order valence-electron chi connectivity index (χ2n) is 7.47. The molecule has 0 saturated carbocycles. The predicted octanol–water partition coefficient (Wildman–Crippen LogP) is 4.56. The number of piperidine rings is 1. The summed E-state index contributed by atoms with van der Waals surface area (Å²) in [7, 11) is 1.59. The topological polar surface area (TPSA) is 68.2 Å². The highest BCUT2D eigenvalue weighted by atomic mass is 35.5. The van der Waals surface area contributed by atoms with E-state index < -0.39 is 0 Å². The molecule has 2 aromatic carbocycles. The molecule has 3 aromatic rings. The highest BCUT2D eigenvalue weighted by Crippen LogP contribution is 2.32. The Morgan fingerprint density at radius 3 is 2.73 bits per heavy atom. The van der Waals surface area contributed by atoms with E-state index in [0.717, 1.165) is 42.9 Å². The minimum Gasteiger partial charge on any atom is -0.495 e. The van der Waals surface area contributed by atoms with Crippen molar-refractivity contribution in [3.8, 4) is 11.4 Å². The van der Waals surface area contributed by atoms with Crippen LogP contribution in [0.2, 0.25) is 5.02 Å². The molecule has 1 aliphatic heterocycles. The van der Waals surface area contributed by atoms with Crippen molar-refractivity contribution in [1.82, 2.24) is 15.1 Å². The monoisotopic (exact) mass is 424 g/mol. The van der Waals surface area contributed by atoms with Crippen LogP contribution in [-0.4, -0.2) is 35.9 Å². The number of methoxy groups -OCH3 is 1. The van der Waals surface area contributed by atoms with Crippen LogP contribution in [0.25, 0.3) is 5.69 Å². The van der Waals surface area contributed by atoms with E-state index in [1.54, 1.807) is 13.3 Å². The van der Waals surface area contributed by atoms with E-state index in [2.05, 4.69) is 15.7 Å². The molecule has 1 aromatic heterocycles. The van der Waals surface area contributed by atoms with Crippen LogP contribution in [0.3, 0.4) is 0 Å². The van der Waals surface area contributed by atoms with E-state index in [-0.39, 0.29) is 11.8 Å². The van der Waals surface area contributed by atoms with Crippen LogP contribution in [-0.2, 0) is 0 Å². The summed E-state index contributed by atoms with van der Waals surface area (Å²) in [4.78, 5) is 13.2. The molecule has 1 aliphatic rings. The zero-order chi connectivity index (χ0) is 21.1. The van der Waals surface area contributed by atoms with Crippen LogP contribution in [0.1, 0.15) is 40.4 Å². The number of rotatable bonds is 5. The summed E-state index contributed by atoms with van der Waals surface area (Å²) in [6, 6.07) is 13.2. The van der Waals surface area contributed by atoms with E-state index in [1.807, 2.05) is 54.1 Å². The molecule has 156 valence electrons. The van der Waals surface area contributed by atoms with E-state index in [0.29, 0.717) is 22.0 Å². The summed E-state index contributed by atoms with van der Waals surface area (Å²) in [5, 5.41) is 11.6. The third kappa shape index (κ3) is 4.06. The molecule has 0 bridgehead atoms. The number of nitrogens with zero attached hydrogens (tertiary/aromatic N) is 2. The van der Waals surface area contributed by atoms with Crippen LogP contribution >= 0.6 is 11.6 Å². The van der Waals surface area contributed by atoms with Gasteiger partial charge >= 0.3 is 0 Å². The highest BCUT2D eigenvalue weighted by molar-refractivity contribution is 6.31. The van der Waals surface area contributed by atoms with Gasteiger partial charge in [0.05, 0.1) is 35.9 Å². The first-order chi connectivity index (χ1) is 14.6. The lowest BCUT2D eigenvalue weighted by molar-refractivity contribution is 0.102. The summed E-state index contributed by atoms with van der Waals surface area (Å²) in [5.41, 5.74) is 3.99. The number of halogens is 1. The number of hydrogen-bond acceptors (Lipinski definition) is 4. The normalized spacial score (nSPS) is 14.5. The zero-order valence-electron chi connectivity index (χ0n) is 17.1. The van der Waals surface area contributed by atoms with Crippen molar-refractivity contribution in [2.24, 2.45) is 0 Å². The van der Waals surface area contributed by atoms with Gasteiger partial charge in [-0.05, 0) is 62.7 Å². The largest absolute Gasteiger partial charge is 0.495 e. The number of benzene rings is 2. The van der Waals surface area contributed by atoms with Gasteiger partial charge in [0.2, 0.25) is 0 Å². The van der Waals surface area contributed by atoms with Crippen molar-refractivity contribution in [1.29, 1.82) is 0 Å². The van der Waals surface area contributed by atoms with Crippen LogP contribution < -0.4 is 15.4 Å². The quantitative estimate of drug-likeness (QED) is 0.629. The van der Waals surface area contributed by atoms with Gasteiger partial charge in [-0.25, -0.2) is 4.68 Å². The van der Waals surface area contributed by atoms with Gasteiger partial charge in [0.25, 0.3) is 5.91 Å². The summed E-state index contributed by atoms with van der Waals surface area (Å²) in [5.74, 6) is 0.650. The van der Waals surface area contributed by atoms with E-state index in [9.17, 15) is 4.79 Å². The fourth-order valence-corrected chi connectivity index (χ4v) is 4.05. The number of aromatic nitrogens is 2. The van der Waals surface area contributed by atoms with Gasteiger partial charge in [-0.1, -0.05) is 29.8 Å². The number of carbonyl (C=O) groups is 1. The molecular weight excluding hydrogens is 400 g/mol. The van der Waals surface area contributed by atoms with Gasteiger partial charge in [-0.15, -0.1) is 0 Å². The number of para-hydroxylation sites is 2. The van der Waals surface area contributed by atoms with E-state index >= 15 is 0 Å². The van der Waals surface area contributed by atoms with Crippen molar-refractivity contribution < 1.29 is 9.53 Å². The first-order valence-corrected chi connectivity index (χ1v) is 10.5. The Labute approximate surface area is 181 Å². The predicted molar refractivity (Wildman–Crippen MR) is 119 cm³/mol. The number of carbonyl (C=O) groups excluding carboxylic acids is 1. The molecule has 6 nitrogen and oxygen atoms in total. The molecule has 4 rings (SSSR count). The lowest BCUT2D eigenvalue weighted by Crippen LogP contribution is -2.29. The van der Waals surface area contributed by atoms with Gasteiger partial charge in [0.15, 0.2) is 0 Å². The Morgan fingerprint density at radius 1 is 1.23 bits per heavy atom. The molecule has 0 radical (unpaired) electrons. The Bertz CT molecular complexity index is 1060. The molecule has 30 heavy (non-hydrogen) atoms. The first kappa shape index (κ1) is 20.4. The van der Waals surface area contributed by atoms with Crippen molar-refractivity contribution in [2.75, 3.05) is 25.5 Å². The number of aryl methyl sites for hydroxylation is 1. The fraction of sp³-hybridized carbons (Fsp3) is 0.304. The lowest BCUT2D eigenvalue weighted by atomic mass is 9.91. The molecule has 2 N–H and O–H groups in total. The van der Waals surface area contributed by atoms with Crippen molar-refractivity contribution in [2.45, 2.75) is 25.7 Å². The molecule has 1 amide bonds. The Morgan fingerprint density at radius 2 is 2.00 bits per heavy atom. The minimum absolute atomic E-state index is 0.197. The number of anilines is 1. The molecule has 2 heterocycles. The van der Waals surface area contributed by atoms with Gasteiger partial charge in [0.1, 0.15) is 5.75 Å². The van der Waals surface area contributed by atoms with Gasteiger partial charge in [0, 0.05) is 10.9 Å². The Balaban J connectivity index is 1.74. The van der Waals surface area contributed by atoms with Crippen molar-refractivity contribution >= 4 is 23.2 Å². The number of hydrogen-bond donors (Lipinski definition) is 2.